The number of hydrogen-bond donors (Lipinski definition) is 2. The third-order valence-electron chi connectivity index (χ3n) is 8.52. The summed E-state index contributed by atoms with van der Waals surface area (Å²) in [6, 6.07) is 9.65. The number of nitrogens with zero attached hydrogens (tertiary/aromatic N) is 2. The standard InChI is InChI=1S/C31H33Cl2N3O6/c1-3-40-26-12-18(30(37)38)9-10-24(26)34-31(39)36-19-11-16(2)25(36)14-20(13-19)41-15-21-28(35-42-29(21)17-7-8-17)27-22(32)5-4-6-23(27)33/h4-6,9-10,12,16-17,19-20,25H,3,7-8,11,13-15H2,1-2H3,(H,34,39)(H,37,38)/t16-,19?,20+,25?/m1/s1. The topological polar surface area (TPSA) is 114 Å². The van der Waals surface area contributed by atoms with Crippen molar-refractivity contribution in [3.63, 3.8) is 0 Å². The number of carbonyl (C=O) groups is 2. The molecule has 0 radical (unpaired) electrons. The monoisotopic (exact) mass is 613 g/mol. The Morgan fingerprint density at radius 2 is 1.90 bits per heavy atom. The fraction of sp³-hybridized carbons (Fsp3) is 0.452. The first-order valence-electron chi connectivity index (χ1n) is 14.4. The number of ether oxygens (including phenoxy) is 2. The molecule has 2 N–H and O–H groups in total. The van der Waals surface area contributed by atoms with E-state index in [-0.39, 0.29) is 29.8 Å². The van der Waals surface area contributed by atoms with Crippen LogP contribution in [0, 0.1) is 5.92 Å². The summed E-state index contributed by atoms with van der Waals surface area (Å²) in [6.45, 7) is 4.65. The highest BCUT2D eigenvalue weighted by molar-refractivity contribution is 6.39. The summed E-state index contributed by atoms with van der Waals surface area (Å²) in [4.78, 5) is 26.9. The Bertz CT molecular complexity index is 1490. The van der Waals surface area contributed by atoms with Crippen LogP contribution in [-0.2, 0) is 11.3 Å². The van der Waals surface area contributed by atoms with Crippen LogP contribution in [0.1, 0.15) is 73.6 Å². The number of fused-ring (bicyclic) bond motifs is 2. The van der Waals surface area contributed by atoms with Gasteiger partial charge in [-0.25, -0.2) is 9.59 Å². The van der Waals surface area contributed by atoms with E-state index in [1.54, 1.807) is 24.3 Å². The minimum absolute atomic E-state index is 0.00504. The predicted molar refractivity (Wildman–Crippen MR) is 159 cm³/mol. The van der Waals surface area contributed by atoms with E-state index in [4.69, 9.17) is 37.2 Å². The minimum atomic E-state index is -1.06. The van der Waals surface area contributed by atoms with Crippen LogP contribution in [0.5, 0.6) is 5.75 Å². The fourth-order valence-corrected chi connectivity index (χ4v) is 6.96. The summed E-state index contributed by atoms with van der Waals surface area (Å²) >= 11 is 13.0. The van der Waals surface area contributed by atoms with Crippen LogP contribution in [0.2, 0.25) is 10.0 Å². The third-order valence-corrected chi connectivity index (χ3v) is 9.15. The summed E-state index contributed by atoms with van der Waals surface area (Å²) in [7, 11) is 0. The van der Waals surface area contributed by atoms with Crippen molar-refractivity contribution < 1.29 is 28.7 Å². The summed E-state index contributed by atoms with van der Waals surface area (Å²) in [5.41, 5.74) is 2.71. The zero-order valence-electron chi connectivity index (χ0n) is 23.4. The Balaban J connectivity index is 1.17. The zero-order valence-corrected chi connectivity index (χ0v) is 25.0. The molecule has 3 aliphatic rings. The first-order valence-corrected chi connectivity index (χ1v) is 15.1. The molecule has 0 spiro atoms. The molecule has 2 unspecified atom stereocenters. The molecule has 2 aliphatic heterocycles. The molecule has 2 bridgehead atoms. The summed E-state index contributed by atoms with van der Waals surface area (Å²) in [5.74, 6) is 0.761. The van der Waals surface area contributed by atoms with Crippen LogP contribution in [0.15, 0.2) is 40.9 Å². The van der Waals surface area contributed by atoms with E-state index in [0.29, 0.717) is 70.6 Å². The van der Waals surface area contributed by atoms with Gasteiger partial charge in [-0.3, -0.25) is 0 Å². The van der Waals surface area contributed by atoms with Crippen molar-refractivity contribution >= 4 is 40.9 Å². The summed E-state index contributed by atoms with van der Waals surface area (Å²) in [5, 5.41) is 17.7. The third kappa shape index (κ3) is 5.57. The second kappa shape index (κ2) is 11.8. The second-order valence-corrected chi connectivity index (χ2v) is 12.2. The number of benzene rings is 2. The van der Waals surface area contributed by atoms with Gasteiger partial charge in [0.2, 0.25) is 0 Å². The van der Waals surface area contributed by atoms with E-state index in [2.05, 4.69) is 17.4 Å². The molecule has 2 amide bonds. The zero-order chi connectivity index (χ0) is 29.5. The fourth-order valence-electron chi connectivity index (χ4n) is 6.38. The van der Waals surface area contributed by atoms with Gasteiger partial charge >= 0.3 is 12.0 Å². The lowest BCUT2D eigenvalue weighted by atomic mass is 9.97. The van der Waals surface area contributed by atoms with Gasteiger partial charge in [-0.15, -0.1) is 0 Å². The molecule has 2 saturated heterocycles. The Hall–Kier alpha value is -3.27. The van der Waals surface area contributed by atoms with Crippen molar-refractivity contribution in [3.05, 3.63) is 63.3 Å². The van der Waals surface area contributed by atoms with E-state index in [1.165, 1.54) is 12.1 Å². The van der Waals surface area contributed by atoms with Crippen molar-refractivity contribution in [3.8, 4) is 17.0 Å². The van der Waals surface area contributed by atoms with Crippen molar-refractivity contribution in [1.82, 2.24) is 10.1 Å². The molecule has 222 valence electrons. The average Bonchev–Trinajstić information content (AvgIpc) is 3.68. The van der Waals surface area contributed by atoms with Crippen LogP contribution in [0.4, 0.5) is 10.5 Å². The molecule has 1 aromatic heterocycles. The number of carboxylic acid groups (broad SMARTS) is 1. The van der Waals surface area contributed by atoms with E-state index in [1.807, 2.05) is 11.8 Å². The number of carbonyl (C=O) groups excluding carboxylic acids is 1. The quantitative estimate of drug-likeness (QED) is 0.255. The van der Waals surface area contributed by atoms with Gasteiger partial charge < -0.3 is 29.3 Å². The smallest absolute Gasteiger partial charge is 0.335 e. The first-order chi connectivity index (χ1) is 20.2. The molecule has 42 heavy (non-hydrogen) atoms. The van der Waals surface area contributed by atoms with E-state index in [0.717, 1.165) is 30.6 Å². The molecule has 6 rings (SSSR count). The number of anilines is 1. The summed E-state index contributed by atoms with van der Waals surface area (Å²) in [6.07, 6.45) is 4.35. The highest BCUT2D eigenvalue weighted by atomic mass is 35.5. The maximum Gasteiger partial charge on any atom is 0.335 e. The molecule has 1 aliphatic carbocycles. The van der Waals surface area contributed by atoms with Crippen LogP contribution in [0.3, 0.4) is 0 Å². The number of piperidine rings is 1. The Kier molecular flexibility index (Phi) is 8.09. The van der Waals surface area contributed by atoms with E-state index in [9.17, 15) is 14.7 Å². The Morgan fingerprint density at radius 3 is 2.57 bits per heavy atom. The number of carboxylic acids is 1. The maximum absolute atomic E-state index is 13.5. The Morgan fingerprint density at radius 1 is 1.14 bits per heavy atom. The molecule has 3 aromatic rings. The average molecular weight is 615 g/mol. The van der Waals surface area contributed by atoms with Crippen molar-refractivity contribution in [2.75, 3.05) is 11.9 Å². The van der Waals surface area contributed by atoms with Gasteiger partial charge in [0.25, 0.3) is 0 Å². The van der Waals surface area contributed by atoms with E-state index >= 15 is 0 Å². The number of rotatable bonds is 9. The molecular weight excluding hydrogens is 581 g/mol. The number of urea groups is 1. The number of aromatic carboxylic acids is 1. The molecule has 11 heteroatoms. The van der Waals surface area contributed by atoms with Gasteiger partial charge in [-0.1, -0.05) is 41.3 Å². The molecule has 9 nitrogen and oxygen atoms in total. The van der Waals surface area contributed by atoms with Gasteiger partial charge in [0.05, 0.1) is 40.6 Å². The first kappa shape index (κ1) is 28.8. The van der Waals surface area contributed by atoms with Crippen LogP contribution in [0.25, 0.3) is 11.3 Å². The Labute approximate surface area is 254 Å². The number of nitrogens with one attached hydrogen (secondary N) is 1. The minimum Gasteiger partial charge on any atom is -0.492 e. The van der Waals surface area contributed by atoms with Gasteiger partial charge in [-0.05, 0) is 75.3 Å². The van der Waals surface area contributed by atoms with Gasteiger partial charge in [-0.2, -0.15) is 0 Å². The van der Waals surface area contributed by atoms with Gasteiger partial charge in [0.15, 0.2) is 0 Å². The lowest BCUT2D eigenvalue weighted by molar-refractivity contribution is -0.0181. The molecule has 3 heterocycles. The normalized spacial score (nSPS) is 23.2. The molecule has 4 atom stereocenters. The molecule has 3 fully saturated rings. The van der Waals surface area contributed by atoms with Crippen molar-refractivity contribution in [1.29, 1.82) is 0 Å². The SMILES string of the molecule is CCOc1cc(C(=O)O)ccc1NC(=O)N1C2C[C@H](OCc3c(-c4c(Cl)cccc4Cl)noc3C3CC3)CC1[C@H](C)C2. The maximum atomic E-state index is 13.5. The highest BCUT2D eigenvalue weighted by Gasteiger charge is 2.48. The number of hydrogen-bond acceptors (Lipinski definition) is 6. The van der Waals surface area contributed by atoms with Gasteiger partial charge in [0.1, 0.15) is 17.2 Å². The molecular formula is C31H33Cl2N3O6. The number of aromatic nitrogens is 1. The summed E-state index contributed by atoms with van der Waals surface area (Å²) < 4.78 is 18.0. The van der Waals surface area contributed by atoms with Crippen LogP contribution >= 0.6 is 23.2 Å². The lowest BCUT2D eigenvalue weighted by Gasteiger charge is -2.39. The number of amides is 2. The second-order valence-electron chi connectivity index (χ2n) is 11.4. The highest BCUT2D eigenvalue weighted by Crippen LogP contribution is 2.47. The van der Waals surface area contributed by atoms with E-state index < -0.39 is 5.97 Å². The lowest BCUT2D eigenvalue weighted by Crippen LogP contribution is -2.51. The van der Waals surface area contributed by atoms with Crippen molar-refractivity contribution in [2.24, 2.45) is 5.92 Å². The van der Waals surface area contributed by atoms with Gasteiger partial charge in [0, 0.05) is 29.1 Å². The van der Waals surface area contributed by atoms with Crippen molar-refractivity contribution in [2.45, 2.75) is 76.7 Å². The molecule has 1 saturated carbocycles. The largest absolute Gasteiger partial charge is 0.492 e. The van der Waals surface area contributed by atoms with Crippen LogP contribution < -0.4 is 10.1 Å². The molecule has 2 aromatic carbocycles. The predicted octanol–water partition coefficient (Wildman–Crippen LogP) is 7.61. The van der Waals surface area contributed by atoms with Crippen LogP contribution in [-0.4, -0.2) is 52.0 Å². The number of halogens is 2.